The molecule has 0 radical (unpaired) electrons. The van der Waals surface area contributed by atoms with E-state index in [4.69, 9.17) is 4.98 Å². The topological polar surface area (TPSA) is 60.8 Å². The van der Waals surface area contributed by atoms with E-state index in [-0.39, 0.29) is 23.7 Å². The zero-order valence-electron chi connectivity index (χ0n) is 17.9. The van der Waals surface area contributed by atoms with Crippen molar-refractivity contribution in [2.75, 3.05) is 0 Å². The monoisotopic (exact) mass is 446 g/mol. The van der Waals surface area contributed by atoms with Crippen LogP contribution in [0.2, 0.25) is 0 Å². The van der Waals surface area contributed by atoms with Gasteiger partial charge in [0.05, 0.1) is 17.7 Å². The van der Waals surface area contributed by atoms with Crippen LogP contribution in [0, 0.1) is 6.92 Å². The van der Waals surface area contributed by atoms with Crippen molar-refractivity contribution in [2.24, 2.45) is 4.99 Å². The Morgan fingerprint density at radius 2 is 1.85 bits per heavy atom. The predicted molar refractivity (Wildman–Crippen MR) is 118 cm³/mol. The number of halogens is 2. The van der Waals surface area contributed by atoms with Gasteiger partial charge in [-0.05, 0) is 66.3 Å². The molecule has 0 N–H and O–H groups in total. The number of hydrogen-bond acceptors (Lipinski definition) is 5. The molecule has 2 aliphatic heterocycles. The molecule has 0 atom stereocenters. The van der Waals surface area contributed by atoms with Crippen LogP contribution in [0.15, 0.2) is 53.5 Å². The van der Waals surface area contributed by atoms with Crippen molar-refractivity contribution in [2.45, 2.75) is 44.4 Å². The number of fused-ring (bicyclic) bond motifs is 2. The number of ether oxygens (including phenoxy) is 2. The van der Waals surface area contributed by atoms with Gasteiger partial charge in [-0.15, -0.1) is 8.78 Å². The third-order valence-electron chi connectivity index (χ3n) is 6.65. The van der Waals surface area contributed by atoms with Crippen LogP contribution in [0.3, 0.4) is 0 Å². The maximum Gasteiger partial charge on any atom is 0.586 e. The van der Waals surface area contributed by atoms with Crippen molar-refractivity contribution in [3.63, 3.8) is 0 Å². The van der Waals surface area contributed by atoms with E-state index in [1.807, 2.05) is 31.3 Å². The molecule has 1 fully saturated rings. The molecule has 166 valence electrons. The van der Waals surface area contributed by atoms with Gasteiger partial charge in [-0.25, -0.2) is 0 Å². The molecule has 5 nitrogen and oxygen atoms in total. The Bertz CT molecular complexity index is 1350. The molecule has 1 aliphatic carbocycles. The van der Waals surface area contributed by atoms with Crippen LogP contribution in [-0.2, 0) is 23.2 Å². The second kappa shape index (κ2) is 6.94. The minimum atomic E-state index is -3.67. The summed E-state index contributed by atoms with van der Waals surface area (Å²) in [5.41, 5.74) is 5.84. The van der Waals surface area contributed by atoms with Gasteiger partial charge < -0.3 is 9.47 Å². The van der Waals surface area contributed by atoms with Crippen LogP contribution in [0.4, 0.5) is 8.78 Å². The number of rotatable bonds is 5. The van der Waals surface area contributed by atoms with Crippen LogP contribution in [0.25, 0.3) is 11.3 Å². The van der Waals surface area contributed by atoms with Crippen LogP contribution in [0.1, 0.15) is 40.8 Å². The molecular formula is C26H20F2N2O3. The highest BCUT2D eigenvalue weighted by atomic mass is 19.3. The molecular weight excluding hydrogens is 426 g/mol. The van der Waals surface area contributed by atoms with Gasteiger partial charge in [0.25, 0.3) is 0 Å². The van der Waals surface area contributed by atoms with Gasteiger partial charge in [0.15, 0.2) is 11.5 Å². The maximum absolute atomic E-state index is 13.4. The Morgan fingerprint density at radius 3 is 2.67 bits per heavy atom. The number of aliphatic imine (C=N–C) groups is 1. The molecule has 3 aromatic rings. The number of carbonyl (C=O) groups excluding carboxylic acids is 1. The van der Waals surface area contributed by atoms with Crippen molar-refractivity contribution in [3.05, 3.63) is 76.5 Å². The summed E-state index contributed by atoms with van der Waals surface area (Å²) in [5, 5.41) is 0. The summed E-state index contributed by atoms with van der Waals surface area (Å²) < 4.78 is 35.8. The van der Waals surface area contributed by atoms with Crippen LogP contribution < -0.4 is 9.47 Å². The minimum absolute atomic E-state index is 0.0174. The average molecular weight is 446 g/mol. The van der Waals surface area contributed by atoms with Crippen molar-refractivity contribution >= 4 is 12.0 Å². The van der Waals surface area contributed by atoms with Crippen molar-refractivity contribution in [3.8, 4) is 22.8 Å². The number of benzene rings is 2. The highest BCUT2D eigenvalue weighted by Gasteiger charge is 2.52. The van der Waals surface area contributed by atoms with E-state index in [0.29, 0.717) is 30.6 Å². The van der Waals surface area contributed by atoms with Crippen molar-refractivity contribution in [1.29, 1.82) is 0 Å². The number of aromatic nitrogens is 1. The number of hydrogen-bond donors (Lipinski definition) is 0. The molecule has 0 bridgehead atoms. The van der Waals surface area contributed by atoms with E-state index in [0.717, 1.165) is 22.4 Å². The molecule has 3 aliphatic rings. The Kier molecular flexibility index (Phi) is 4.21. The summed E-state index contributed by atoms with van der Waals surface area (Å²) in [6.45, 7) is 2.70. The molecule has 0 spiro atoms. The first-order chi connectivity index (χ1) is 15.8. The van der Waals surface area contributed by atoms with E-state index >= 15 is 0 Å². The number of aryl methyl sites for hydroxylation is 1. The number of Topliss-reactive ketones (excluding diaryl/α,β-unsaturated/α-hetero) is 1. The highest BCUT2D eigenvalue weighted by Crippen LogP contribution is 2.52. The third-order valence-corrected chi connectivity index (χ3v) is 6.65. The smallest absolute Gasteiger partial charge is 0.395 e. The van der Waals surface area contributed by atoms with Gasteiger partial charge in [-0.1, -0.05) is 24.3 Å². The second-order valence-electron chi connectivity index (χ2n) is 8.86. The normalized spacial score (nSPS) is 18.3. The van der Waals surface area contributed by atoms with E-state index in [2.05, 4.69) is 26.6 Å². The van der Waals surface area contributed by atoms with Gasteiger partial charge in [0.2, 0.25) is 0 Å². The second-order valence-corrected chi connectivity index (χ2v) is 8.86. The molecule has 7 heteroatoms. The lowest BCUT2D eigenvalue weighted by Gasteiger charge is -2.16. The highest BCUT2D eigenvalue weighted by molar-refractivity contribution is 5.94. The number of ketones is 1. The first kappa shape index (κ1) is 20.0. The Hall–Kier alpha value is -3.61. The quantitative estimate of drug-likeness (QED) is 0.544. The van der Waals surface area contributed by atoms with Crippen LogP contribution >= 0.6 is 0 Å². The Balaban J connectivity index is 1.27. The SMILES string of the molecule is Cc1ccc(CC(=O)C2(c3ccc4c(c3)OC(F)(F)O4)CC2)nc1-c1ccc2c(c1)C=NC2. The molecule has 0 saturated heterocycles. The maximum atomic E-state index is 13.4. The first-order valence-corrected chi connectivity index (χ1v) is 10.9. The summed E-state index contributed by atoms with van der Waals surface area (Å²) in [5.74, 6) is -0.0276. The van der Waals surface area contributed by atoms with Gasteiger partial charge in [-0.2, -0.15) is 0 Å². The van der Waals surface area contributed by atoms with Crippen molar-refractivity contribution in [1.82, 2.24) is 4.98 Å². The summed E-state index contributed by atoms with van der Waals surface area (Å²) in [6.07, 6.45) is -0.285. The fourth-order valence-electron chi connectivity index (χ4n) is 4.64. The molecule has 0 unspecified atom stereocenters. The standard InChI is InChI=1S/C26H20F2N2O3/c1-15-2-6-20(30-24(15)16-3-4-17-13-29-14-18(17)10-16)12-23(31)25(8-9-25)19-5-7-21-22(11-19)33-26(27,28)32-21/h2-7,10-11,14H,8-9,12-13H2,1H3. The average Bonchev–Trinajstić information content (AvgIpc) is 3.35. The van der Waals surface area contributed by atoms with E-state index in [1.165, 1.54) is 17.7 Å². The van der Waals surface area contributed by atoms with Crippen molar-refractivity contribution < 1.29 is 23.0 Å². The molecule has 2 aromatic carbocycles. The van der Waals surface area contributed by atoms with Crippen LogP contribution in [-0.4, -0.2) is 23.3 Å². The number of pyridine rings is 1. The molecule has 6 rings (SSSR count). The summed E-state index contributed by atoms with van der Waals surface area (Å²) in [4.78, 5) is 22.5. The lowest BCUT2D eigenvalue weighted by atomic mass is 9.88. The molecule has 3 heterocycles. The summed E-state index contributed by atoms with van der Waals surface area (Å²) in [7, 11) is 0. The van der Waals surface area contributed by atoms with E-state index < -0.39 is 11.7 Å². The number of alkyl halides is 2. The van der Waals surface area contributed by atoms with Gasteiger partial charge >= 0.3 is 6.29 Å². The lowest BCUT2D eigenvalue weighted by Crippen LogP contribution is -2.26. The lowest BCUT2D eigenvalue weighted by molar-refractivity contribution is -0.286. The van der Waals surface area contributed by atoms with E-state index in [9.17, 15) is 13.6 Å². The number of nitrogens with zero attached hydrogens (tertiary/aromatic N) is 2. The predicted octanol–water partition coefficient (Wildman–Crippen LogP) is 5.15. The zero-order chi connectivity index (χ0) is 22.8. The van der Waals surface area contributed by atoms with Gasteiger partial charge in [-0.3, -0.25) is 14.8 Å². The molecule has 0 amide bonds. The Morgan fingerprint density at radius 1 is 1.03 bits per heavy atom. The van der Waals surface area contributed by atoms with E-state index in [1.54, 1.807) is 6.07 Å². The summed E-state index contributed by atoms with van der Waals surface area (Å²) in [6, 6.07) is 14.7. The van der Waals surface area contributed by atoms with Gasteiger partial charge in [0.1, 0.15) is 5.78 Å². The van der Waals surface area contributed by atoms with Crippen LogP contribution in [0.5, 0.6) is 11.5 Å². The minimum Gasteiger partial charge on any atom is -0.395 e. The largest absolute Gasteiger partial charge is 0.586 e. The summed E-state index contributed by atoms with van der Waals surface area (Å²) >= 11 is 0. The Labute approximate surface area is 189 Å². The molecule has 1 aromatic heterocycles. The number of carbonyl (C=O) groups is 1. The zero-order valence-corrected chi connectivity index (χ0v) is 17.9. The van der Waals surface area contributed by atoms with Gasteiger partial charge in [0, 0.05) is 23.9 Å². The fourth-order valence-corrected chi connectivity index (χ4v) is 4.64. The first-order valence-electron chi connectivity index (χ1n) is 10.9. The molecule has 1 saturated carbocycles. The molecule has 33 heavy (non-hydrogen) atoms. The third kappa shape index (κ3) is 3.39. The fraction of sp³-hybridized carbons (Fsp3) is 0.269.